The average molecular weight is 207 g/mol. The number of halogens is 1. The Morgan fingerprint density at radius 1 is 1.53 bits per heavy atom. The molecule has 0 unspecified atom stereocenters. The molecule has 2 rings (SSSR count). The van der Waals surface area contributed by atoms with E-state index >= 15 is 0 Å². The van der Waals surface area contributed by atoms with Crippen molar-refractivity contribution in [2.24, 2.45) is 0 Å². The molecule has 0 radical (unpaired) electrons. The summed E-state index contributed by atoms with van der Waals surface area (Å²) in [4.78, 5) is 13.3. The second-order valence-electron chi connectivity index (χ2n) is 3.55. The topological polar surface area (TPSA) is 53.1 Å². The van der Waals surface area contributed by atoms with Gasteiger partial charge in [-0.1, -0.05) is 0 Å². The number of aryl methyl sites for hydroxylation is 1. The van der Waals surface area contributed by atoms with Crippen LogP contribution in [0.5, 0.6) is 0 Å². The maximum absolute atomic E-state index is 13.4. The summed E-state index contributed by atoms with van der Waals surface area (Å²) in [6, 6.07) is 3.20. The van der Waals surface area contributed by atoms with Crippen LogP contribution in [0.15, 0.2) is 18.3 Å². The highest BCUT2D eigenvalue weighted by Crippen LogP contribution is 2.23. The van der Waals surface area contributed by atoms with Crippen molar-refractivity contribution >= 4 is 16.9 Å². The van der Waals surface area contributed by atoms with Crippen LogP contribution in [0, 0.1) is 12.7 Å². The van der Waals surface area contributed by atoms with Crippen LogP contribution >= 0.6 is 0 Å². The van der Waals surface area contributed by atoms with E-state index < -0.39 is 5.97 Å². The van der Waals surface area contributed by atoms with Crippen molar-refractivity contribution < 1.29 is 14.3 Å². The fourth-order valence-electron chi connectivity index (χ4n) is 1.69. The summed E-state index contributed by atoms with van der Waals surface area (Å²) in [6.07, 6.45) is 1.45. The van der Waals surface area contributed by atoms with Crippen LogP contribution in [0.3, 0.4) is 0 Å². The van der Waals surface area contributed by atoms with Crippen molar-refractivity contribution in [1.29, 1.82) is 0 Å². The van der Waals surface area contributed by atoms with Gasteiger partial charge in [0.25, 0.3) is 0 Å². The molecule has 0 fully saturated rings. The number of hydrogen-bond acceptors (Lipinski definition) is 1. The monoisotopic (exact) mass is 207 g/mol. The first-order valence-electron chi connectivity index (χ1n) is 4.56. The molecule has 0 spiro atoms. The number of aromatic nitrogens is 1. The summed E-state index contributed by atoms with van der Waals surface area (Å²) in [7, 11) is 0. The molecule has 0 aliphatic rings. The maximum atomic E-state index is 13.4. The van der Waals surface area contributed by atoms with Crippen LogP contribution < -0.4 is 0 Å². The Labute approximate surface area is 85.5 Å². The number of rotatable bonds is 2. The highest BCUT2D eigenvalue weighted by Gasteiger charge is 2.10. The molecule has 2 aromatic rings. The molecule has 0 aliphatic carbocycles. The summed E-state index contributed by atoms with van der Waals surface area (Å²) in [5.74, 6) is -1.26. The Balaban J connectivity index is 2.63. The predicted molar refractivity (Wildman–Crippen MR) is 54.3 cm³/mol. The fourth-order valence-corrected chi connectivity index (χ4v) is 1.69. The number of aliphatic carboxylic acids is 1. The van der Waals surface area contributed by atoms with Gasteiger partial charge in [0.15, 0.2) is 0 Å². The van der Waals surface area contributed by atoms with E-state index in [4.69, 9.17) is 5.11 Å². The van der Waals surface area contributed by atoms with Crippen molar-refractivity contribution in [3.05, 3.63) is 35.3 Å². The highest BCUT2D eigenvalue weighted by molar-refractivity contribution is 5.87. The zero-order chi connectivity index (χ0) is 11.0. The molecule has 1 aromatic carbocycles. The second kappa shape index (κ2) is 3.38. The van der Waals surface area contributed by atoms with Gasteiger partial charge in [0.2, 0.25) is 0 Å². The molecule has 15 heavy (non-hydrogen) atoms. The Kier molecular flexibility index (Phi) is 2.19. The van der Waals surface area contributed by atoms with Crippen LogP contribution in [-0.2, 0) is 11.2 Å². The third-order valence-electron chi connectivity index (χ3n) is 2.31. The Bertz CT molecular complexity index is 531. The zero-order valence-electron chi connectivity index (χ0n) is 8.17. The molecule has 0 atom stereocenters. The molecule has 3 nitrogen and oxygen atoms in total. The van der Waals surface area contributed by atoms with Crippen LogP contribution in [0.4, 0.5) is 4.39 Å². The van der Waals surface area contributed by atoms with Gasteiger partial charge in [-0.2, -0.15) is 0 Å². The first kappa shape index (κ1) is 9.71. The number of carboxylic acids is 1. The molecular formula is C11H10FNO2. The van der Waals surface area contributed by atoms with Crippen LogP contribution in [-0.4, -0.2) is 16.1 Å². The van der Waals surface area contributed by atoms with Gasteiger partial charge in [0.05, 0.1) is 11.9 Å². The fraction of sp³-hybridized carbons (Fsp3) is 0.182. The summed E-state index contributed by atoms with van der Waals surface area (Å²) >= 11 is 0. The minimum atomic E-state index is -0.919. The average Bonchev–Trinajstić information content (AvgIpc) is 2.48. The Hall–Kier alpha value is -1.84. The molecule has 0 saturated heterocycles. The molecule has 78 valence electrons. The number of H-pyrrole nitrogens is 1. The number of hydrogen-bond donors (Lipinski definition) is 2. The zero-order valence-corrected chi connectivity index (χ0v) is 8.17. The van der Waals surface area contributed by atoms with E-state index in [0.29, 0.717) is 16.5 Å². The molecular weight excluding hydrogens is 197 g/mol. The van der Waals surface area contributed by atoms with E-state index in [2.05, 4.69) is 4.98 Å². The van der Waals surface area contributed by atoms with Crippen molar-refractivity contribution in [3.8, 4) is 0 Å². The van der Waals surface area contributed by atoms with Crippen molar-refractivity contribution in [3.63, 3.8) is 0 Å². The molecule has 2 N–H and O–H groups in total. The third-order valence-corrected chi connectivity index (χ3v) is 2.31. The summed E-state index contributed by atoms with van der Waals surface area (Å²) in [6.45, 7) is 1.78. The van der Waals surface area contributed by atoms with Gasteiger partial charge in [-0.05, 0) is 30.2 Å². The third kappa shape index (κ3) is 1.70. The number of carbonyl (C=O) groups is 1. The standard InChI is InChI=1S/C11H10FNO2/c1-6-2-8-7(4-10(14)15)5-13-11(8)9(12)3-6/h2-3,5,13H,4H2,1H3,(H,14,15). The lowest BCUT2D eigenvalue weighted by molar-refractivity contribution is -0.136. The molecule has 0 bridgehead atoms. The first-order chi connectivity index (χ1) is 7.08. The number of benzene rings is 1. The van der Waals surface area contributed by atoms with Crippen LogP contribution in [0.25, 0.3) is 10.9 Å². The predicted octanol–water partition coefficient (Wildman–Crippen LogP) is 2.24. The lowest BCUT2D eigenvalue weighted by atomic mass is 10.1. The van der Waals surface area contributed by atoms with Crippen molar-refractivity contribution in [1.82, 2.24) is 4.98 Å². The first-order valence-corrected chi connectivity index (χ1v) is 4.56. The molecule has 0 aliphatic heterocycles. The van der Waals surface area contributed by atoms with Gasteiger partial charge in [0, 0.05) is 11.6 Å². The SMILES string of the molecule is Cc1cc(F)c2[nH]cc(CC(=O)O)c2c1. The van der Waals surface area contributed by atoms with E-state index in [1.54, 1.807) is 19.2 Å². The quantitative estimate of drug-likeness (QED) is 0.793. The van der Waals surface area contributed by atoms with E-state index in [1.807, 2.05) is 0 Å². The van der Waals surface area contributed by atoms with E-state index in [0.717, 1.165) is 5.56 Å². The van der Waals surface area contributed by atoms with Gasteiger partial charge >= 0.3 is 5.97 Å². The molecule has 1 heterocycles. The second-order valence-corrected chi connectivity index (χ2v) is 3.55. The normalized spacial score (nSPS) is 10.8. The number of nitrogens with one attached hydrogen (secondary N) is 1. The summed E-state index contributed by atoms with van der Waals surface area (Å²) in [5.41, 5.74) is 1.77. The smallest absolute Gasteiger partial charge is 0.307 e. The van der Waals surface area contributed by atoms with Crippen LogP contribution in [0.1, 0.15) is 11.1 Å². The molecule has 0 amide bonds. The van der Waals surface area contributed by atoms with Crippen molar-refractivity contribution in [2.45, 2.75) is 13.3 Å². The largest absolute Gasteiger partial charge is 0.481 e. The van der Waals surface area contributed by atoms with E-state index in [-0.39, 0.29) is 12.2 Å². The Morgan fingerprint density at radius 3 is 2.93 bits per heavy atom. The Morgan fingerprint density at radius 2 is 2.27 bits per heavy atom. The van der Waals surface area contributed by atoms with Gasteiger partial charge in [-0.25, -0.2) is 4.39 Å². The van der Waals surface area contributed by atoms with Gasteiger partial charge < -0.3 is 10.1 Å². The summed E-state index contributed by atoms with van der Waals surface area (Å²) < 4.78 is 13.4. The maximum Gasteiger partial charge on any atom is 0.307 e. The lowest BCUT2D eigenvalue weighted by Crippen LogP contribution is -1.98. The lowest BCUT2D eigenvalue weighted by Gasteiger charge is -1.98. The van der Waals surface area contributed by atoms with Gasteiger partial charge in [0.1, 0.15) is 5.82 Å². The van der Waals surface area contributed by atoms with Gasteiger partial charge in [-0.15, -0.1) is 0 Å². The molecule has 1 aromatic heterocycles. The van der Waals surface area contributed by atoms with Gasteiger partial charge in [-0.3, -0.25) is 4.79 Å². The molecule has 0 saturated carbocycles. The number of carboxylic acid groups (broad SMARTS) is 1. The van der Waals surface area contributed by atoms with E-state index in [9.17, 15) is 9.18 Å². The summed E-state index contributed by atoms with van der Waals surface area (Å²) in [5, 5.41) is 9.32. The van der Waals surface area contributed by atoms with Crippen molar-refractivity contribution in [2.75, 3.05) is 0 Å². The minimum Gasteiger partial charge on any atom is -0.481 e. The highest BCUT2D eigenvalue weighted by atomic mass is 19.1. The van der Waals surface area contributed by atoms with Crippen LogP contribution in [0.2, 0.25) is 0 Å². The number of fused-ring (bicyclic) bond motifs is 1. The molecule has 4 heteroatoms. The number of aromatic amines is 1. The minimum absolute atomic E-state index is 0.0944. The van der Waals surface area contributed by atoms with E-state index in [1.165, 1.54) is 6.07 Å².